The zero-order valence-electron chi connectivity index (χ0n) is 10.7. The molecular formula is C15H9FN4O. The van der Waals surface area contributed by atoms with Gasteiger partial charge in [-0.3, -0.25) is 9.89 Å². The average molecular weight is 280 g/mol. The molecular weight excluding hydrogens is 271 g/mol. The normalized spacial score (nSPS) is 10.3. The van der Waals surface area contributed by atoms with E-state index in [9.17, 15) is 9.18 Å². The summed E-state index contributed by atoms with van der Waals surface area (Å²) in [6.45, 7) is 0. The molecule has 5 nitrogen and oxygen atoms in total. The van der Waals surface area contributed by atoms with Crippen LogP contribution in [0.15, 0.2) is 42.6 Å². The van der Waals surface area contributed by atoms with Gasteiger partial charge in [0.25, 0.3) is 5.91 Å². The number of halogens is 1. The first-order chi connectivity index (χ1) is 10.2. The molecule has 0 spiro atoms. The number of carbonyl (C=O) groups is 1. The van der Waals surface area contributed by atoms with E-state index < -0.39 is 5.82 Å². The van der Waals surface area contributed by atoms with Crippen LogP contribution in [-0.2, 0) is 0 Å². The topological polar surface area (TPSA) is 81.6 Å². The van der Waals surface area contributed by atoms with Gasteiger partial charge in [0.05, 0.1) is 17.3 Å². The van der Waals surface area contributed by atoms with E-state index in [1.165, 1.54) is 12.1 Å². The fourth-order valence-corrected chi connectivity index (χ4v) is 1.97. The van der Waals surface area contributed by atoms with Crippen LogP contribution in [0.5, 0.6) is 0 Å². The monoisotopic (exact) mass is 280 g/mol. The van der Waals surface area contributed by atoms with Crippen molar-refractivity contribution in [3.8, 4) is 6.07 Å². The molecule has 1 heterocycles. The lowest BCUT2D eigenvalue weighted by molar-refractivity contribution is 0.102. The van der Waals surface area contributed by atoms with E-state index in [2.05, 4.69) is 15.5 Å². The highest BCUT2D eigenvalue weighted by Gasteiger charge is 2.09. The molecule has 0 fully saturated rings. The molecule has 0 saturated carbocycles. The number of fused-ring (bicyclic) bond motifs is 1. The highest BCUT2D eigenvalue weighted by Crippen LogP contribution is 2.17. The molecule has 2 aromatic carbocycles. The minimum absolute atomic E-state index is 0.114. The Morgan fingerprint density at radius 2 is 2.14 bits per heavy atom. The highest BCUT2D eigenvalue weighted by atomic mass is 19.1. The predicted molar refractivity (Wildman–Crippen MR) is 75.2 cm³/mol. The number of nitriles is 1. The fourth-order valence-electron chi connectivity index (χ4n) is 1.97. The number of hydrogen-bond donors (Lipinski definition) is 2. The molecule has 0 saturated heterocycles. The first kappa shape index (κ1) is 12.8. The van der Waals surface area contributed by atoms with E-state index in [1.54, 1.807) is 30.5 Å². The van der Waals surface area contributed by atoms with Gasteiger partial charge in [-0.15, -0.1) is 0 Å². The van der Waals surface area contributed by atoms with Crippen LogP contribution in [0.3, 0.4) is 0 Å². The molecule has 6 heteroatoms. The number of rotatable bonds is 2. The van der Waals surface area contributed by atoms with Crippen molar-refractivity contribution in [3.05, 3.63) is 59.5 Å². The quantitative estimate of drug-likeness (QED) is 0.757. The molecule has 3 aromatic rings. The van der Waals surface area contributed by atoms with Crippen LogP contribution in [0.25, 0.3) is 10.9 Å². The lowest BCUT2D eigenvalue weighted by Gasteiger charge is -2.06. The van der Waals surface area contributed by atoms with Crippen molar-refractivity contribution in [2.75, 3.05) is 5.32 Å². The summed E-state index contributed by atoms with van der Waals surface area (Å²) >= 11 is 0. The molecule has 0 aliphatic carbocycles. The summed E-state index contributed by atoms with van der Waals surface area (Å²) in [5, 5.41) is 19.0. The third-order valence-corrected chi connectivity index (χ3v) is 3.05. The Morgan fingerprint density at radius 3 is 2.95 bits per heavy atom. The van der Waals surface area contributed by atoms with E-state index in [-0.39, 0.29) is 11.5 Å². The molecule has 102 valence electrons. The zero-order chi connectivity index (χ0) is 14.8. The number of hydrogen-bond acceptors (Lipinski definition) is 3. The van der Waals surface area contributed by atoms with E-state index in [0.717, 1.165) is 17.0 Å². The van der Waals surface area contributed by atoms with Gasteiger partial charge in [0.1, 0.15) is 11.9 Å². The first-order valence-electron chi connectivity index (χ1n) is 6.11. The lowest BCUT2D eigenvalue weighted by atomic mass is 10.1. The smallest absolute Gasteiger partial charge is 0.255 e. The van der Waals surface area contributed by atoms with Gasteiger partial charge in [0.15, 0.2) is 0 Å². The van der Waals surface area contributed by atoms with Crippen molar-refractivity contribution in [2.45, 2.75) is 0 Å². The molecule has 0 unspecified atom stereocenters. The summed E-state index contributed by atoms with van der Waals surface area (Å²) in [4.78, 5) is 12.1. The number of aromatic amines is 1. The van der Waals surface area contributed by atoms with Crippen LogP contribution in [0, 0.1) is 17.1 Å². The third-order valence-electron chi connectivity index (χ3n) is 3.05. The van der Waals surface area contributed by atoms with Crippen molar-refractivity contribution in [1.82, 2.24) is 10.2 Å². The SMILES string of the molecule is N#Cc1cc(NC(=O)c2ccc3cn[nH]c3c2)ccc1F. The zero-order valence-corrected chi connectivity index (χ0v) is 10.7. The van der Waals surface area contributed by atoms with Crippen LogP contribution in [-0.4, -0.2) is 16.1 Å². The molecule has 0 aliphatic heterocycles. The van der Waals surface area contributed by atoms with E-state index >= 15 is 0 Å². The summed E-state index contributed by atoms with van der Waals surface area (Å²) in [6, 6.07) is 10.7. The van der Waals surface area contributed by atoms with Gasteiger partial charge < -0.3 is 5.32 Å². The van der Waals surface area contributed by atoms with E-state index in [0.29, 0.717) is 11.3 Å². The summed E-state index contributed by atoms with van der Waals surface area (Å²) in [5.74, 6) is -0.962. The molecule has 21 heavy (non-hydrogen) atoms. The van der Waals surface area contributed by atoms with E-state index in [1.807, 2.05) is 0 Å². The van der Waals surface area contributed by atoms with Gasteiger partial charge in [-0.1, -0.05) is 6.07 Å². The Balaban J connectivity index is 1.87. The van der Waals surface area contributed by atoms with Crippen LogP contribution in [0.2, 0.25) is 0 Å². The Bertz CT molecular complexity index is 879. The van der Waals surface area contributed by atoms with Crippen molar-refractivity contribution in [2.24, 2.45) is 0 Å². The third kappa shape index (κ3) is 2.44. The molecule has 1 amide bonds. The fraction of sp³-hybridized carbons (Fsp3) is 0. The Morgan fingerprint density at radius 1 is 1.29 bits per heavy atom. The Hall–Kier alpha value is -3.20. The minimum atomic E-state index is -0.616. The Kier molecular flexibility index (Phi) is 3.09. The predicted octanol–water partition coefficient (Wildman–Crippen LogP) is 2.83. The summed E-state index contributed by atoms with van der Waals surface area (Å²) < 4.78 is 13.2. The first-order valence-corrected chi connectivity index (χ1v) is 6.11. The molecule has 0 bridgehead atoms. The van der Waals surface area contributed by atoms with Crippen LogP contribution in [0.4, 0.5) is 10.1 Å². The van der Waals surface area contributed by atoms with Gasteiger partial charge in [0, 0.05) is 16.6 Å². The molecule has 0 atom stereocenters. The van der Waals surface area contributed by atoms with Crippen molar-refractivity contribution < 1.29 is 9.18 Å². The maximum Gasteiger partial charge on any atom is 0.255 e. The molecule has 1 aromatic heterocycles. The van der Waals surface area contributed by atoms with Gasteiger partial charge in [0.2, 0.25) is 0 Å². The van der Waals surface area contributed by atoms with E-state index in [4.69, 9.17) is 5.26 Å². The second-order valence-electron chi connectivity index (χ2n) is 4.43. The number of nitrogens with zero attached hydrogens (tertiary/aromatic N) is 2. The standard InChI is InChI=1S/C15H9FN4O/c16-13-4-3-12(5-11(13)7-17)19-15(21)9-1-2-10-8-18-20-14(10)6-9/h1-6,8H,(H,18,20)(H,19,21). The second-order valence-corrected chi connectivity index (χ2v) is 4.43. The van der Waals surface area contributed by atoms with Crippen molar-refractivity contribution in [1.29, 1.82) is 5.26 Å². The van der Waals surface area contributed by atoms with Crippen LogP contribution >= 0.6 is 0 Å². The van der Waals surface area contributed by atoms with Crippen LogP contribution in [0.1, 0.15) is 15.9 Å². The average Bonchev–Trinajstić information content (AvgIpc) is 2.96. The van der Waals surface area contributed by atoms with Crippen molar-refractivity contribution >= 4 is 22.5 Å². The lowest BCUT2D eigenvalue weighted by Crippen LogP contribution is -2.12. The molecule has 0 aliphatic rings. The number of amides is 1. The second kappa shape index (κ2) is 5.06. The van der Waals surface area contributed by atoms with Gasteiger partial charge in [-0.2, -0.15) is 10.4 Å². The van der Waals surface area contributed by atoms with Gasteiger partial charge >= 0.3 is 0 Å². The number of aromatic nitrogens is 2. The maximum absolute atomic E-state index is 13.2. The molecule has 0 radical (unpaired) electrons. The van der Waals surface area contributed by atoms with Gasteiger partial charge in [-0.25, -0.2) is 4.39 Å². The summed E-state index contributed by atoms with van der Waals surface area (Å²) in [5.41, 5.74) is 1.44. The Labute approximate surface area is 119 Å². The number of nitrogens with one attached hydrogen (secondary N) is 2. The number of H-pyrrole nitrogens is 1. The van der Waals surface area contributed by atoms with Crippen LogP contribution < -0.4 is 5.32 Å². The number of anilines is 1. The highest BCUT2D eigenvalue weighted by molar-refractivity contribution is 6.06. The number of carbonyl (C=O) groups excluding carboxylic acids is 1. The largest absolute Gasteiger partial charge is 0.322 e. The summed E-state index contributed by atoms with van der Waals surface area (Å²) in [7, 11) is 0. The minimum Gasteiger partial charge on any atom is -0.322 e. The summed E-state index contributed by atoms with van der Waals surface area (Å²) in [6.07, 6.45) is 1.66. The molecule has 3 rings (SSSR count). The number of benzene rings is 2. The van der Waals surface area contributed by atoms with Gasteiger partial charge in [-0.05, 0) is 30.3 Å². The molecule has 2 N–H and O–H groups in total. The van der Waals surface area contributed by atoms with Crippen molar-refractivity contribution in [3.63, 3.8) is 0 Å². The maximum atomic E-state index is 13.2.